The Morgan fingerprint density at radius 3 is 1.06 bits per heavy atom. The number of hydrogen-bond donors (Lipinski definition) is 0. The Bertz CT molecular complexity index is 7590. The van der Waals surface area contributed by atoms with E-state index in [1.807, 2.05) is 103 Å². The lowest BCUT2D eigenvalue weighted by Gasteiger charge is -2.15. The summed E-state index contributed by atoms with van der Waals surface area (Å²) < 4.78 is 19.2. The standard InChI is InChI=1S/C51H31N5O.C49H30N4O/c1-3-13-32(14-4-1)49-52-50(35-23-26-39-37-17-7-10-20-43(37)55(46(39)31-35)36-15-5-2-6-16-36)54-51(53-49)56-44-21-11-8-18-38(44)41-29-33(24-27-45(41)56)34-25-28-48-42(30-34)40-19-9-12-22-47(40)57-48;1-3-13-31(14-4-1)47-50-48(32-15-5-2-6-16-32)52-49(51-47)39-25-27-43(36-18-8-7-17-35(36)39)53-42-21-11-9-19-37(42)40-29-33(23-26-44(40)53)34-24-28-46-41(30-34)38-20-10-12-22-45(38)54-46/h1-31H;1-30H. The van der Waals surface area contributed by atoms with Crippen LogP contribution in [0.2, 0.25) is 0 Å². The fourth-order valence-corrected chi connectivity index (χ4v) is 16.5. The Kier molecular flexibility index (Phi) is 14.7. The molecule has 0 aliphatic heterocycles. The van der Waals surface area contributed by atoms with E-state index in [1.165, 1.54) is 21.5 Å². The highest BCUT2D eigenvalue weighted by Gasteiger charge is 2.24. The van der Waals surface area contributed by atoms with Crippen LogP contribution in [0.25, 0.3) is 217 Å². The van der Waals surface area contributed by atoms with Crippen molar-refractivity contribution in [3.63, 3.8) is 0 Å². The van der Waals surface area contributed by atoms with Gasteiger partial charge in [-0.3, -0.25) is 4.57 Å². The molecule has 0 radical (unpaired) electrons. The van der Waals surface area contributed by atoms with E-state index < -0.39 is 0 Å². The quantitative estimate of drug-likeness (QED) is 0.133. The highest BCUT2D eigenvalue weighted by atomic mass is 16.3. The third kappa shape index (κ3) is 10.7. The first-order valence-corrected chi connectivity index (χ1v) is 37.2. The van der Waals surface area contributed by atoms with Crippen LogP contribution in [0, 0.1) is 0 Å². The number of rotatable bonds is 10. The SMILES string of the molecule is c1ccc(-c2nc(-c3ccc4c5ccccc5n(-c5ccccc5)c4c3)nc(-n3c4ccccc4c4cc(-c5ccc6oc7ccccc7c6c5)ccc43)n2)cc1.c1ccc(-c2nc(-c3ccccc3)nc(-c3ccc(-n4c5ccccc5c5cc(-c6ccc7oc8ccccc8c7c6)ccc54)c4ccccc34)n2)cc1. The number of nitrogens with zero attached hydrogens (tertiary/aromatic N) is 9. The average Bonchev–Trinajstić information content (AvgIpc) is 1.61. The fourth-order valence-electron chi connectivity index (χ4n) is 16.5. The van der Waals surface area contributed by atoms with Gasteiger partial charge in [0.05, 0.1) is 38.8 Å². The minimum Gasteiger partial charge on any atom is -0.456 e. The molecule has 0 atom stereocenters. The largest absolute Gasteiger partial charge is 0.456 e. The Labute approximate surface area is 635 Å². The summed E-state index contributed by atoms with van der Waals surface area (Å²) in [6.45, 7) is 0. The lowest BCUT2D eigenvalue weighted by atomic mass is 10.0. The number of para-hydroxylation sites is 6. The van der Waals surface area contributed by atoms with Crippen LogP contribution in [0.15, 0.2) is 379 Å². The van der Waals surface area contributed by atoms with Crippen molar-refractivity contribution in [3.8, 4) is 96.5 Å². The first kappa shape index (κ1) is 63.1. The van der Waals surface area contributed by atoms with E-state index in [4.69, 9.17) is 38.7 Å². The van der Waals surface area contributed by atoms with Crippen LogP contribution in [-0.2, 0) is 0 Å². The third-order valence-electron chi connectivity index (χ3n) is 21.6. The van der Waals surface area contributed by atoms with Gasteiger partial charge in [-0.1, -0.05) is 261 Å². The molecule has 16 aromatic carbocycles. The molecule has 7 aromatic heterocycles. The Morgan fingerprint density at radius 1 is 0.180 bits per heavy atom. The molecule has 23 aromatic rings. The van der Waals surface area contributed by atoms with Crippen molar-refractivity contribution in [1.82, 2.24) is 43.6 Å². The lowest BCUT2D eigenvalue weighted by molar-refractivity contribution is 0.668. The zero-order valence-corrected chi connectivity index (χ0v) is 59.6. The smallest absolute Gasteiger partial charge is 0.238 e. The summed E-state index contributed by atoms with van der Waals surface area (Å²) in [5.74, 6) is 3.71. The Morgan fingerprint density at radius 2 is 0.532 bits per heavy atom. The molecule has 0 bridgehead atoms. The first-order valence-electron chi connectivity index (χ1n) is 37.2. The van der Waals surface area contributed by atoms with Gasteiger partial charge < -0.3 is 18.0 Å². The van der Waals surface area contributed by atoms with Crippen LogP contribution in [0.4, 0.5) is 0 Å². The van der Waals surface area contributed by atoms with Gasteiger partial charge in [0.15, 0.2) is 29.1 Å². The Balaban J connectivity index is 0.000000137. The normalized spacial score (nSPS) is 11.8. The molecule has 0 fully saturated rings. The van der Waals surface area contributed by atoms with Crippen molar-refractivity contribution in [2.24, 2.45) is 0 Å². The van der Waals surface area contributed by atoms with Crippen molar-refractivity contribution in [2.75, 3.05) is 0 Å². The minimum absolute atomic E-state index is 0.563. The lowest BCUT2D eigenvalue weighted by Crippen LogP contribution is -2.06. The number of fused-ring (bicyclic) bond motifs is 16. The van der Waals surface area contributed by atoms with Crippen molar-refractivity contribution in [1.29, 1.82) is 0 Å². The number of furan rings is 2. The van der Waals surface area contributed by atoms with Gasteiger partial charge in [0.25, 0.3) is 0 Å². The van der Waals surface area contributed by atoms with Crippen LogP contribution in [0.5, 0.6) is 0 Å². The molecule has 518 valence electrons. The molecule has 7 heterocycles. The monoisotopic (exact) mass is 1420 g/mol. The Hall–Kier alpha value is -15.2. The van der Waals surface area contributed by atoms with Gasteiger partial charge in [-0.2, -0.15) is 9.97 Å². The molecular formula is C100H61N9O2. The number of benzene rings is 16. The van der Waals surface area contributed by atoms with E-state index in [-0.39, 0.29) is 0 Å². The van der Waals surface area contributed by atoms with Gasteiger partial charge in [-0.15, -0.1) is 0 Å². The van der Waals surface area contributed by atoms with Crippen molar-refractivity contribution in [3.05, 3.63) is 370 Å². The van der Waals surface area contributed by atoms with Gasteiger partial charge in [-0.05, 0) is 137 Å². The summed E-state index contributed by atoms with van der Waals surface area (Å²) in [6.07, 6.45) is 0. The van der Waals surface area contributed by atoms with Gasteiger partial charge in [0.2, 0.25) is 5.95 Å². The molecule has 0 N–H and O–H groups in total. The number of aromatic nitrogens is 9. The second-order valence-electron chi connectivity index (χ2n) is 28.1. The zero-order chi connectivity index (χ0) is 73.0. The predicted octanol–water partition coefficient (Wildman–Crippen LogP) is 25.7. The maximum Gasteiger partial charge on any atom is 0.238 e. The summed E-state index contributed by atoms with van der Waals surface area (Å²) in [5.41, 5.74) is 21.6. The van der Waals surface area contributed by atoms with Crippen LogP contribution in [-0.4, -0.2) is 43.6 Å². The summed E-state index contributed by atoms with van der Waals surface area (Å²) >= 11 is 0. The van der Waals surface area contributed by atoms with Crippen LogP contribution in [0.3, 0.4) is 0 Å². The molecule has 0 saturated heterocycles. The van der Waals surface area contributed by atoms with Gasteiger partial charge in [0.1, 0.15) is 22.3 Å². The van der Waals surface area contributed by atoms with Gasteiger partial charge >= 0.3 is 0 Å². The topological polar surface area (TPSA) is 118 Å². The highest BCUT2D eigenvalue weighted by Crippen LogP contribution is 2.44. The molecule has 0 unspecified atom stereocenters. The fraction of sp³-hybridized carbons (Fsp3) is 0. The molecule has 11 heteroatoms. The van der Waals surface area contributed by atoms with Gasteiger partial charge in [0, 0.05) is 92.8 Å². The maximum atomic E-state index is 6.14. The summed E-state index contributed by atoms with van der Waals surface area (Å²) in [4.78, 5) is 30.7. The molecule has 0 aliphatic rings. The summed E-state index contributed by atoms with van der Waals surface area (Å²) in [7, 11) is 0. The molecular weight excluding hydrogens is 1360 g/mol. The van der Waals surface area contributed by atoms with Crippen LogP contribution < -0.4 is 0 Å². The number of hydrogen-bond acceptors (Lipinski definition) is 8. The van der Waals surface area contributed by atoms with Crippen molar-refractivity contribution < 1.29 is 8.83 Å². The molecule has 23 rings (SSSR count). The molecule has 11 nitrogen and oxygen atoms in total. The van der Waals surface area contributed by atoms with Crippen LogP contribution >= 0.6 is 0 Å². The third-order valence-corrected chi connectivity index (χ3v) is 21.6. The summed E-state index contributed by atoms with van der Waals surface area (Å²) in [6, 6.07) is 129. The van der Waals surface area contributed by atoms with Crippen molar-refractivity contribution in [2.45, 2.75) is 0 Å². The molecule has 111 heavy (non-hydrogen) atoms. The van der Waals surface area contributed by atoms with Crippen LogP contribution in [0.1, 0.15) is 0 Å². The van der Waals surface area contributed by atoms with Gasteiger partial charge in [-0.25, -0.2) is 19.9 Å². The van der Waals surface area contributed by atoms with E-state index in [9.17, 15) is 0 Å². The second kappa shape index (κ2) is 25.8. The van der Waals surface area contributed by atoms with E-state index in [2.05, 4.69) is 281 Å². The highest BCUT2D eigenvalue weighted by molar-refractivity contribution is 6.15. The molecule has 0 spiro atoms. The van der Waals surface area contributed by atoms with E-state index >= 15 is 0 Å². The minimum atomic E-state index is 0.563. The van der Waals surface area contributed by atoms with E-state index in [0.717, 1.165) is 160 Å². The zero-order valence-electron chi connectivity index (χ0n) is 59.6. The molecule has 0 saturated carbocycles. The maximum absolute atomic E-state index is 6.14. The predicted molar refractivity (Wildman–Crippen MR) is 453 cm³/mol. The second-order valence-corrected chi connectivity index (χ2v) is 28.1. The van der Waals surface area contributed by atoms with Crippen molar-refractivity contribution >= 4 is 120 Å². The first-order chi connectivity index (χ1) is 55.0. The molecule has 0 amide bonds. The summed E-state index contributed by atoms with van der Waals surface area (Å²) in [5, 5.41) is 13.7. The molecule has 0 aliphatic carbocycles. The average molecular weight is 1420 g/mol. The van der Waals surface area contributed by atoms with E-state index in [0.29, 0.717) is 35.1 Å². The van der Waals surface area contributed by atoms with E-state index in [1.54, 1.807) is 0 Å².